The number of nitrogens with zero attached hydrogens (tertiary/aromatic N) is 2. The van der Waals surface area contributed by atoms with Crippen LogP contribution < -0.4 is 5.32 Å². The minimum absolute atomic E-state index is 0.689. The molecule has 18 heavy (non-hydrogen) atoms. The Balaban J connectivity index is 3.53. The van der Waals surface area contributed by atoms with Crippen LogP contribution in [0.15, 0.2) is 0 Å². The molecule has 1 N–H and O–H groups in total. The molecule has 1 atom stereocenters. The van der Waals surface area contributed by atoms with Crippen LogP contribution in [0, 0.1) is 5.92 Å². The number of hydrogen-bond donors (Lipinski definition) is 1. The molecule has 0 fully saturated rings. The smallest absolute Gasteiger partial charge is 0.0107 e. The van der Waals surface area contributed by atoms with Crippen LogP contribution in [0.3, 0.4) is 0 Å². The van der Waals surface area contributed by atoms with Crippen molar-refractivity contribution < 1.29 is 0 Å². The van der Waals surface area contributed by atoms with Crippen LogP contribution in [0.1, 0.15) is 41.0 Å². The predicted molar refractivity (Wildman–Crippen MR) is 82.2 cm³/mol. The summed E-state index contributed by atoms with van der Waals surface area (Å²) in [4.78, 5) is 4.92. The maximum Gasteiger partial charge on any atom is 0.0107 e. The molecule has 110 valence electrons. The summed E-state index contributed by atoms with van der Waals surface area (Å²) in [6, 6.07) is 0.689. The Morgan fingerprint density at radius 2 is 1.50 bits per heavy atom. The van der Waals surface area contributed by atoms with Crippen LogP contribution in [0.4, 0.5) is 0 Å². The maximum atomic E-state index is 3.54. The largest absolute Gasteiger partial charge is 0.314 e. The molecule has 0 aromatic heterocycles. The van der Waals surface area contributed by atoms with E-state index in [-0.39, 0.29) is 0 Å². The number of nitrogens with one attached hydrogen (secondary N) is 1. The van der Waals surface area contributed by atoms with Gasteiger partial charge in [-0.15, -0.1) is 0 Å². The second-order valence-electron chi connectivity index (χ2n) is 5.74. The van der Waals surface area contributed by atoms with Gasteiger partial charge < -0.3 is 15.1 Å². The average Bonchev–Trinajstić information content (AvgIpc) is 2.32. The Hall–Kier alpha value is -0.120. The van der Waals surface area contributed by atoms with E-state index in [2.05, 4.69) is 56.8 Å². The summed E-state index contributed by atoms with van der Waals surface area (Å²) < 4.78 is 0. The van der Waals surface area contributed by atoms with Crippen molar-refractivity contribution >= 4 is 0 Å². The Labute approximate surface area is 115 Å². The lowest BCUT2D eigenvalue weighted by Crippen LogP contribution is -2.38. The molecule has 0 spiro atoms. The lowest BCUT2D eigenvalue weighted by atomic mass is 10.0. The fourth-order valence-corrected chi connectivity index (χ4v) is 2.24. The van der Waals surface area contributed by atoms with Crippen LogP contribution in [-0.2, 0) is 0 Å². The van der Waals surface area contributed by atoms with Crippen LogP contribution in [-0.4, -0.2) is 62.2 Å². The third-order valence-corrected chi connectivity index (χ3v) is 3.71. The van der Waals surface area contributed by atoms with E-state index in [0.29, 0.717) is 6.04 Å². The quantitative estimate of drug-likeness (QED) is 0.573. The van der Waals surface area contributed by atoms with Gasteiger partial charge in [0.15, 0.2) is 0 Å². The zero-order chi connectivity index (χ0) is 14.0. The molecular weight excluding hydrogens is 222 g/mol. The zero-order valence-electron chi connectivity index (χ0n) is 13.5. The first-order chi connectivity index (χ1) is 8.51. The van der Waals surface area contributed by atoms with Crippen molar-refractivity contribution in [2.45, 2.75) is 47.1 Å². The highest BCUT2D eigenvalue weighted by Crippen LogP contribution is 2.08. The van der Waals surface area contributed by atoms with Gasteiger partial charge in [-0.3, -0.25) is 0 Å². The second-order valence-corrected chi connectivity index (χ2v) is 5.74. The SMILES string of the molecule is CCN(CC)CCNCCN(C)C(C)CC(C)C. The van der Waals surface area contributed by atoms with Gasteiger partial charge in [-0.05, 0) is 39.4 Å². The molecule has 0 radical (unpaired) electrons. The minimum Gasteiger partial charge on any atom is -0.314 e. The number of rotatable bonds is 11. The average molecular weight is 257 g/mol. The maximum absolute atomic E-state index is 3.54. The van der Waals surface area contributed by atoms with E-state index in [0.717, 1.165) is 45.2 Å². The molecule has 0 aliphatic rings. The van der Waals surface area contributed by atoms with Gasteiger partial charge >= 0.3 is 0 Å². The molecule has 0 saturated carbocycles. The van der Waals surface area contributed by atoms with E-state index in [1.165, 1.54) is 6.42 Å². The van der Waals surface area contributed by atoms with Gasteiger partial charge in [-0.1, -0.05) is 27.7 Å². The molecular formula is C15H35N3. The van der Waals surface area contributed by atoms with Gasteiger partial charge in [0.2, 0.25) is 0 Å². The summed E-state index contributed by atoms with van der Waals surface area (Å²) >= 11 is 0. The van der Waals surface area contributed by atoms with E-state index in [4.69, 9.17) is 0 Å². The van der Waals surface area contributed by atoms with Crippen molar-refractivity contribution in [2.75, 3.05) is 46.3 Å². The highest BCUT2D eigenvalue weighted by molar-refractivity contribution is 4.66. The lowest BCUT2D eigenvalue weighted by Gasteiger charge is -2.26. The first-order valence-electron chi connectivity index (χ1n) is 7.64. The van der Waals surface area contributed by atoms with Crippen molar-refractivity contribution in [1.82, 2.24) is 15.1 Å². The lowest BCUT2D eigenvalue weighted by molar-refractivity contribution is 0.226. The molecule has 3 nitrogen and oxygen atoms in total. The highest BCUT2D eigenvalue weighted by atomic mass is 15.2. The molecule has 0 aromatic carbocycles. The molecule has 0 aliphatic carbocycles. The summed E-state index contributed by atoms with van der Waals surface area (Å²) in [5.74, 6) is 0.790. The fourth-order valence-electron chi connectivity index (χ4n) is 2.24. The molecule has 0 amide bonds. The fraction of sp³-hybridized carbons (Fsp3) is 1.00. The minimum atomic E-state index is 0.689. The van der Waals surface area contributed by atoms with Gasteiger partial charge in [-0.25, -0.2) is 0 Å². The molecule has 0 bridgehead atoms. The molecule has 0 rings (SSSR count). The molecule has 0 heterocycles. The van der Waals surface area contributed by atoms with Crippen molar-refractivity contribution in [2.24, 2.45) is 5.92 Å². The van der Waals surface area contributed by atoms with E-state index < -0.39 is 0 Å². The second kappa shape index (κ2) is 10.8. The summed E-state index contributed by atoms with van der Waals surface area (Å²) in [6.45, 7) is 18.2. The van der Waals surface area contributed by atoms with E-state index >= 15 is 0 Å². The van der Waals surface area contributed by atoms with Crippen LogP contribution >= 0.6 is 0 Å². The summed E-state index contributed by atoms with van der Waals surface area (Å²) in [6.07, 6.45) is 1.29. The number of hydrogen-bond acceptors (Lipinski definition) is 3. The molecule has 0 aromatic rings. The zero-order valence-corrected chi connectivity index (χ0v) is 13.5. The summed E-state index contributed by atoms with van der Waals surface area (Å²) in [5.41, 5.74) is 0. The molecule has 1 unspecified atom stereocenters. The molecule has 0 aliphatic heterocycles. The standard InChI is InChI=1S/C15H35N3/c1-7-18(8-2)12-10-16-9-11-17(6)15(5)13-14(3)4/h14-16H,7-13H2,1-6H3. The van der Waals surface area contributed by atoms with E-state index in [1.807, 2.05) is 0 Å². The Kier molecular flexibility index (Phi) is 10.7. The van der Waals surface area contributed by atoms with Gasteiger partial charge in [-0.2, -0.15) is 0 Å². The van der Waals surface area contributed by atoms with Gasteiger partial charge in [0.05, 0.1) is 0 Å². The third-order valence-electron chi connectivity index (χ3n) is 3.71. The Morgan fingerprint density at radius 3 is 2.00 bits per heavy atom. The van der Waals surface area contributed by atoms with Gasteiger partial charge in [0, 0.05) is 32.2 Å². The monoisotopic (exact) mass is 257 g/mol. The van der Waals surface area contributed by atoms with Crippen molar-refractivity contribution in [3.05, 3.63) is 0 Å². The topological polar surface area (TPSA) is 18.5 Å². The van der Waals surface area contributed by atoms with Crippen molar-refractivity contribution in [1.29, 1.82) is 0 Å². The molecule has 3 heteroatoms. The first-order valence-corrected chi connectivity index (χ1v) is 7.64. The summed E-state index contributed by atoms with van der Waals surface area (Å²) in [7, 11) is 2.24. The van der Waals surface area contributed by atoms with Crippen LogP contribution in [0.2, 0.25) is 0 Å². The Morgan fingerprint density at radius 1 is 0.944 bits per heavy atom. The highest BCUT2D eigenvalue weighted by Gasteiger charge is 2.10. The number of likely N-dealkylation sites (N-methyl/N-ethyl adjacent to an activating group) is 2. The van der Waals surface area contributed by atoms with Crippen molar-refractivity contribution in [3.8, 4) is 0 Å². The summed E-state index contributed by atoms with van der Waals surface area (Å²) in [5, 5.41) is 3.54. The van der Waals surface area contributed by atoms with Crippen LogP contribution in [0.25, 0.3) is 0 Å². The predicted octanol–water partition coefficient (Wildman–Crippen LogP) is 2.28. The van der Waals surface area contributed by atoms with E-state index in [1.54, 1.807) is 0 Å². The van der Waals surface area contributed by atoms with Gasteiger partial charge in [0.25, 0.3) is 0 Å². The van der Waals surface area contributed by atoms with Crippen LogP contribution in [0.5, 0.6) is 0 Å². The third kappa shape index (κ3) is 8.90. The van der Waals surface area contributed by atoms with Crippen molar-refractivity contribution in [3.63, 3.8) is 0 Å². The Bertz CT molecular complexity index is 179. The van der Waals surface area contributed by atoms with Gasteiger partial charge in [0.1, 0.15) is 0 Å². The van der Waals surface area contributed by atoms with E-state index in [9.17, 15) is 0 Å². The first kappa shape index (κ1) is 17.9. The normalized spacial score (nSPS) is 13.8. The molecule has 0 saturated heterocycles.